The van der Waals surface area contributed by atoms with Crippen LogP contribution in [0.5, 0.6) is 0 Å². The van der Waals surface area contributed by atoms with Gasteiger partial charge in [0.2, 0.25) is 5.91 Å². The summed E-state index contributed by atoms with van der Waals surface area (Å²) < 4.78 is 0. The number of carboxylic acid groups (broad SMARTS) is 1. The van der Waals surface area contributed by atoms with E-state index in [0.29, 0.717) is 0 Å². The molecule has 0 rings (SSSR count). The average Bonchev–Trinajstić information content (AvgIpc) is 2.13. The van der Waals surface area contributed by atoms with E-state index in [1.54, 1.807) is 5.48 Å². The predicted octanol–water partition coefficient (Wildman–Crippen LogP) is -1.95. The second-order valence-corrected chi connectivity index (χ2v) is 2.14. The Morgan fingerprint density at radius 2 is 2.00 bits per heavy atom. The standard InChI is InChI=1S/C6H11N3O5/c1-7-4(10)2-8-6(13)9-14-3-5(11)12/h2-3H2,1H3,(H,7,10)(H,11,12)(H2,8,9,13). The Balaban J connectivity index is 3.46. The minimum atomic E-state index is -1.21. The van der Waals surface area contributed by atoms with Crippen LogP contribution in [-0.2, 0) is 14.4 Å². The first-order valence-electron chi connectivity index (χ1n) is 3.64. The Labute approximate surface area is 79.6 Å². The maximum absolute atomic E-state index is 10.7. The Morgan fingerprint density at radius 3 is 2.50 bits per heavy atom. The largest absolute Gasteiger partial charge is 0.479 e. The van der Waals surface area contributed by atoms with Gasteiger partial charge in [0.05, 0.1) is 6.54 Å². The number of aliphatic carboxylic acids is 1. The molecule has 0 unspecified atom stereocenters. The third kappa shape index (κ3) is 6.85. The van der Waals surface area contributed by atoms with Crippen LogP contribution in [0, 0.1) is 0 Å². The van der Waals surface area contributed by atoms with Crippen molar-refractivity contribution in [3.8, 4) is 0 Å². The van der Waals surface area contributed by atoms with Crippen molar-refractivity contribution in [1.82, 2.24) is 16.1 Å². The molecule has 14 heavy (non-hydrogen) atoms. The molecule has 0 heterocycles. The van der Waals surface area contributed by atoms with Gasteiger partial charge in [-0.05, 0) is 0 Å². The van der Waals surface area contributed by atoms with Crippen molar-refractivity contribution in [2.75, 3.05) is 20.2 Å². The van der Waals surface area contributed by atoms with E-state index in [4.69, 9.17) is 5.11 Å². The number of nitrogens with one attached hydrogen (secondary N) is 3. The van der Waals surface area contributed by atoms with E-state index in [9.17, 15) is 14.4 Å². The Kier molecular flexibility index (Phi) is 5.79. The van der Waals surface area contributed by atoms with Crippen molar-refractivity contribution in [3.05, 3.63) is 0 Å². The van der Waals surface area contributed by atoms with Gasteiger partial charge in [0.15, 0.2) is 6.61 Å². The number of hydrogen-bond acceptors (Lipinski definition) is 4. The number of hydrogen-bond donors (Lipinski definition) is 4. The average molecular weight is 205 g/mol. The van der Waals surface area contributed by atoms with Crippen LogP contribution >= 0.6 is 0 Å². The number of carbonyl (C=O) groups excluding carboxylic acids is 2. The lowest BCUT2D eigenvalue weighted by Gasteiger charge is -2.05. The number of rotatable bonds is 5. The van der Waals surface area contributed by atoms with Gasteiger partial charge in [0.25, 0.3) is 0 Å². The van der Waals surface area contributed by atoms with Crippen LogP contribution in [0.25, 0.3) is 0 Å². The molecule has 0 aliphatic carbocycles. The lowest BCUT2D eigenvalue weighted by molar-refractivity contribution is -0.144. The van der Waals surface area contributed by atoms with E-state index >= 15 is 0 Å². The number of likely N-dealkylation sites (N-methyl/N-ethyl adjacent to an activating group) is 1. The summed E-state index contributed by atoms with van der Waals surface area (Å²) in [5.74, 6) is -1.59. The van der Waals surface area contributed by atoms with Crippen LogP contribution in [-0.4, -0.2) is 43.2 Å². The molecular weight excluding hydrogens is 194 g/mol. The zero-order chi connectivity index (χ0) is 11.0. The third-order valence-corrected chi connectivity index (χ3v) is 1.05. The topological polar surface area (TPSA) is 117 Å². The Morgan fingerprint density at radius 1 is 1.36 bits per heavy atom. The number of hydroxylamine groups is 1. The first-order chi connectivity index (χ1) is 6.56. The van der Waals surface area contributed by atoms with Crippen molar-refractivity contribution in [1.29, 1.82) is 0 Å². The summed E-state index contributed by atoms with van der Waals surface area (Å²) in [5.41, 5.74) is 1.78. The first-order valence-corrected chi connectivity index (χ1v) is 3.64. The van der Waals surface area contributed by atoms with E-state index in [1.807, 2.05) is 0 Å². The van der Waals surface area contributed by atoms with Crippen molar-refractivity contribution < 1.29 is 24.3 Å². The van der Waals surface area contributed by atoms with Gasteiger partial charge in [-0.2, -0.15) is 0 Å². The summed E-state index contributed by atoms with van der Waals surface area (Å²) in [5, 5.41) is 12.5. The summed E-state index contributed by atoms with van der Waals surface area (Å²) in [4.78, 5) is 35.5. The SMILES string of the molecule is CNC(=O)CNC(=O)NOCC(=O)O. The highest BCUT2D eigenvalue weighted by molar-refractivity contribution is 5.83. The van der Waals surface area contributed by atoms with Gasteiger partial charge in [0, 0.05) is 7.05 Å². The van der Waals surface area contributed by atoms with Gasteiger partial charge in [-0.3, -0.25) is 9.63 Å². The normalized spacial score (nSPS) is 8.93. The predicted molar refractivity (Wildman–Crippen MR) is 44.2 cm³/mol. The molecule has 0 atom stereocenters. The lowest BCUT2D eigenvalue weighted by atomic mass is 10.6. The maximum Gasteiger partial charge on any atom is 0.339 e. The summed E-state index contributed by atoms with van der Waals surface area (Å²) >= 11 is 0. The molecular formula is C6H11N3O5. The smallest absolute Gasteiger partial charge is 0.339 e. The lowest BCUT2D eigenvalue weighted by Crippen LogP contribution is -2.41. The van der Waals surface area contributed by atoms with Crippen LogP contribution in [0.2, 0.25) is 0 Å². The zero-order valence-corrected chi connectivity index (χ0v) is 7.49. The maximum atomic E-state index is 10.7. The van der Waals surface area contributed by atoms with Crippen LogP contribution < -0.4 is 16.1 Å². The van der Waals surface area contributed by atoms with Gasteiger partial charge in [-0.25, -0.2) is 15.1 Å². The van der Waals surface area contributed by atoms with Crippen molar-refractivity contribution in [2.45, 2.75) is 0 Å². The molecule has 0 aliphatic rings. The van der Waals surface area contributed by atoms with E-state index < -0.39 is 18.6 Å². The summed E-state index contributed by atoms with van der Waals surface area (Å²) in [6, 6.07) is -0.783. The minimum Gasteiger partial charge on any atom is -0.479 e. The Hall–Kier alpha value is -1.83. The fourth-order valence-corrected chi connectivity index (χ4v) is 0.448. The van der Waals surface area contributed by atoms with Crippen molar-refractivity contribution >= 4 is 17.9 Å². The van der Waals surface area contributed by atoms with Gasteiger partial charge < -0.3 is 15.7 Å². The van der Waals surface area contributed by atoms with E-state index in [-0.39, 0.29) is 12.5 Å². The van der Waals surface area contributed by atoms with E-state index in [2.05, 4.69) is 15.5 Å². The van der Waals surface area contributed by atoms with Gasteiger partial charge in [0.1, 0.15) is 0 Å². The Bertz CT molecular complexity index is 230. The van der Waals surface area contributed by atoms with Crippen LogP contribution in [0.4, 0.5) is 4.79 Å². The molecule has 0 saturated heterocycles. The molecule has 80 valence electrons. The molecule has 0 fully saturated rings. The fourth-order valence-electron chi connectivity index (χ4n) is 0.448. The molecule has 8 nitrogen and oxygen atoms in total. The van der Waals surface area contributed by atoms with Crippen LogP contribution in [0.15, 0.2) is 0 Å². The summed E-state index contributed by atoms with van der Waals surface area (Å²) in [6.07, 6.45) is 0. The van der Waals surface area contributed by atoms with Crippen molar-refractivity contribution in [3.63, 3.8) is 0 Å². The monoisotopic (exact) mass is 205 g/mol. The molecule has 3 amide bonds. The molecule has 0 saturated carbocycles. The van der Waals surface area contributed by atoms with E-state index in [0.717, 1.165) is 0 Å². The molecule has 0 aliphatic heterocycles. The second-order valence-electron chi connectivity index (χ2n) is 2.14. The van der Waals surface area contributed by atoms with Crippen LogP contribution in [0.3, 0.4) is 0 Å². The summed E-state index contributed by atoms with van der Waals surface area (Å²) in [7, 11) is 1.42. The second kappa shape index (κ2) is 6.66. The van der Waals surface area contributed by atoms with Crippen LogP contribution in [0.1, 0.15) is 0 Å². The van der Waals surface area contributed by atoms with Gasteiger partial charge in [-0.1, -0.05) is 0 Å². The van der Waals surface area contributed by atoms with Gasteiger partial charge in [-0.15, -0.1) is 0 Å². The van der Waals surface area contributed by atoms with E-state index in [1.165, 1.54) is 7.05 Å². The summed E-state index contributed by atoms with van der Waals surface area (Å²) in [6.45, 7) is -0.855. The minimum absolute atomic E-state index is 0.210. The highest BCUT2D eigenvalue weighted by atomic mass is 16.7. The molecule has 0 spiro atoms. The number of carboxylic acids is 1. The molecule has 4 N–H and O–H groups in total. The first kappa shape index (κ1) is 12.2. The molecule has 0 radical (unpaired) electrons. The molecule has 8 heteroatoms. The molecule has 0 aromatic rings. The molecule has 0 aromatic carbocycles. The number of amides is 3. The van der Waals surface area contributed by atoms with Gasteiger partial charge >= 0.3 is 12.0 Å². The molecule has 0 aromatic heterocycles. The fraction of sp³-hybridized carbons (Fsp3) is 0.500. The quantitative estimate of drug-likeness (QED) is 0.389. The third-order valence-electron chi connectivity index (χ3n) is 1.05. The zero-order valence-electron chi connectivity index (χ0n) is 7.49. The highest BCUT2D eigenvalue weighted by Crippen LogP contribution is 1.70. The highest BCUT2D eigenvalue weighted by Gasteiger charge is 2.03. The van der Waals surface area contributed by atoms with Crippen molar-refractivity contribution in [2.24, 2.45) is 0 Å². The molecule has 0 bridgehead atoms. The number of urea groups is 1. The number of carbonyl (C=O) groups is 3.